The number of benzene rings is 1. The number of para-hydroxylation sites is 1. The minimum absolute atomic E-state index is 0.102. The van der Waals surface area contributed by atoms with E-state index in [1.54, 1.807) is 12.1 Å². The average molecular weight is 321 g/mol. The maximum atomic E-state index is 12.0. The second-order valence-corrected chi connectivity index (χ2v) is 6.37. The van der Waals surface area contributed by atoms with E-state index in [2.05, 4.69) is 20.7 Å². The number of nitrogens with one attached hydrogen (secondary N) is 1. The standard InChI is InChI=1S/C10H13BrN2O3S/c11-8-4-3-5-9(10(8)14)12-17(15,16)13-6-1-2-7-13/h3-5,12,14H,1-2,6-7H2. The smallest absolute Gasteiger partial charge is 0.301 e. The molecule has 1 heterocycles. The Morgan fingerprint density at radius 3 is 2.59 bits per heavy atom. The summed E-state index contributed by atoms with van der Waals surface area (Å²) in [4.78, 5) is 0. The van der Waals surface area contributed by atoms with E-state index in [1.807, 2.05) is 0 Å². The Labute approximate surface area is 109 Å². The van der Waals surface area contributed by atoms with Crippen molar-refractivity contribution in [2.75, 3.05) is 17.8 Å². The molecule has 0 aliphatic carbocycles. The molecule has 94 valence electrons. The topological polar surface area (TPSA) is 69.6 Å². The van der Waals surface area contributed by atoms with Crippen LogP contribution in [0, 0.1) is 0 Å². The van der Waals surface area contributed by atoms with Crippen molar-refractivity contribution < 1.29 is 13.5 Å². The predicted octanol–water partition coefficient (Wildman–Crippen LogP) is 1.91. The fourth-order valence-electron chi connectivity index (χ4n) is 1.73. The van der Waals surface area contributed by atoms with Gasteiger partial charge >= 0.3 is 10.2 Å². The molecule has 7 heteroatoms. The van der Waals surface area contributed by atoms with Crippen LogP contribution in [0.2, 0.25) is 0 Å². The van der Waals surface area contributed by atoms with E-state index >= 15 is 0 Å². The summed E-state index contributed by atoms with van der Waals surface area (Å²) >= 11 is 3.14. The van der Waals surface area contributed by atoms with Crippen molar-refractivity contribution in [3.63, 3.8) is 0 Å². The highest BCUT2D eigenvalue weighted by atomic mass is 79.9. The van der Waals surface area contributed by atoms with Crippen LogP contribution in [0.15, 0.2) is 22.7 Å². The average Bonchev–Trinajstić information content (AvgIpc) is 2.78. The zero-order valence-electron chi connectivity index (χ0n) is 9.06. The number of phenolic OH excluding ortho intramolecular Hbond substituents is 1. The van der Waals surface area contributed by atoms with Gasteiger partial charge in [-0.15, -0.1) is 0 Å². The third kappa shape index (κ3) is 2.72. The molecule has 0 spiro atoms. The molecular weight excluding hydrogens is 308 g/mol. The van der Waals surface area contributed by atoms with Crippen LogP contribution in [0.25, 0.3) is 0 Å². The van der Waals surface area contributed by atoms with Gasteiger partial charge in [0.25, 0.3) is 0 Å². The van der Waals surface area contributed by atoms with E-state index in [9.17, 15) is 13.5 Å². The summed E-state index contributed by atoms with van der Waals surface area (Å²) in [6.45, 7) is 1.06. The minimum Gasteiger partial charge on any atom is -0.505 e. The predicted molar refractivity (Wildman–Crippen MR) is 69.2 cm³/mol. The van der Waals surface area contributed by atoms with Gasteiger partial charge in [0.1, 0.15) is 0 Å². The van der Waals surface area contributed by atoms with Crippen molar-refractivity contribution in [1.29, 1.82) is 0 Å². The van der Waals surface area contributed by atoms with Crippen LogP contribution in [0.4, 0.5) is 5.69 Å². The lowest BCUT2D eigenvalue weighted by Crippen LogP contribution is -2.33. The molecule has 0 unspecified atom stereocenters. The van der Waals surface area contributed by atoms with Crippen molar-refractivity contribution in [2.24, 2.45) is 0 Å². The molecule has 1 aromatic carbocycles. The maximum absolute atomic E-state index is 12.0. The van der Waals surface area contributed by atoms with Crippen LogP contribution < -0.4 is 4.72 Å². The molecule has 1 aromatic rings. The second kappa shape index (κ2) is 4.83. The number of phenols is 1. The number of aromatic hydroxyl groups is 1. The fraction of sp³-hybridized carbons (Fsp3) is 0.400. The summed E-state index contributed by atoms with van der Waals surface area (Å²) in [5, 5.41) is 9.71. The molecule has 5 nitrogen and oxygen atoms in total. The van der Waals surface area contributed by atoms with Crippen LogP contribution in [0.3, 0.4) is 0 Å². The number of halogens is 1. The molecule has 1 saturated heterocycles. The number of anilines is 1. The SMILES string of the molecule is O=S(=O)(Nc1cccc(Br)c1O)N1CCCC1. The summed E-state index contributed by atoms with van der Waals surface area (Å²) in [7, 11) is -3.55. The van der Waals surface area contributed by atoms with E-state index in [4.69, 9.17) is 0 Å². The summed E-state index contributed by atoms with van der Waals surface area (Å²) in [5.74, 6) is -0.102. The first-order valence-electron chi connectivity index (χ1n) is 5.26. The zero-order chi connectivity index (χ0) is 12.5. The van der Waals surface area contributed by atoms with Gasteiger partial charge in [0, 0.05) is 13.1 Å². The number of hydrogen-bond acceptors (Lipinski definition) is 3. The van der Waals surface area contributed by atoms with E-state index in [-0.39, 0.29) is 11.4 Å². The fourth-order valence-corrected chi connectivity index (χ4v) is 3.41. The third-order valence-electron chi connectivity index (χ3n) is 2.63. The first-order chi connectivity index (χ1) is 8.00. The molecule has 17 heavy (non-hydrogen) atoms. The zero-order valence-corrected chi connectivity index (χ0v) is 11.5. The maximum Gasteiger partial charge on any atom is 0.301 e. The Hall–Kier alpha value is -0.790. The summed E-state index contributed by atoms with van der Waals surface area (Å²) in [5.41, 5.74) is 0.186. The largest absolute Gasteiger partial charge is 0.505 e. The van der Waals surface area contributed by atoms with Gasteiger partial charge in [-0.3, -0.25) is 4.72 Å². The molecule has 0 aromatic heterocycles. The van der Waals surface area contributed by atoms with Gasteiger partial charge in [0.15, 0.2) is 5.75 Å². The molecule has 0 bridgehead atoms. The highest BCUT2D eigenvalue weighted by Gasteiger charge is 2.25. The third-order valence-corrected chi connectivity index (χ3v) is 4.79. The van der Waals surface area contributed by atoms with Gasteiger partial charge < -0.3 is 5.11 Å². The Morgan fingerprint density at radius 2 is 1.94 bits per heavy atom. The Bertz CT molecular complexity index is 512. The summed E-state index contributed by atoms with van der Waals surface area (Å²) < 4.78 is 28.1. The van der Waals surface area contributed by atoms with E-state index in [0.717, 1.165) is 12.8 Å². The molecule has 1 aliphatic heterocycles. The van der Waals surface area contributed by atoms with Crippen LogP contribution in [-0.4, -0.2) is 30.9 Å². The highest BCUT2D eigenvalue weighted by molar-refractivity contribution is 9.10. The molecular formula is C10H13BrN2O3S. The minimum atomic E-state index is -3.55. The van der Waals surface area contributed by atoms with Crippen molar-refractivity contribution >= 4 is 31.8 Å². The molecule has 0 amide bonds. The van der Waals surface area contributed by atoms with E-state index in [1.165, 1.54) is 10.4 Å². The van der Waals surface area contributed by atoms with Crippen molar-refractivity contribution in [2.45, 2.75) is 12.8 Å². The van der Waals surface area contributed by atoms with Crippen LogP contribution in [0.5, 0.6) is 5.75 Å². The molecule has 1 fully saturated rings. The normalized spacial score (nSPS) is 17.2. The molecule has 0 saturated carbocycles. The van der Waals surface area contributed by atoms with Gasteiger partial charge in [0.05, 0.1) is 10.2 Å². The van der Waals surface area contributed by atoms with E-state index in [0.29, 0.717) is 17.6 Å². The number of hydrogen-bond donors (Lipinski definition) is 2. The number of nitrogens with zero attached hydrogens (tertiary/aromatic N) is 1. The Morgan fingerprint density at radius 1 is 1.29 bits per heavy atom. The first-order valence-corrected chi connectivity index (χ1v) is 7.49. The lowest BCUT2D eigenvalue weighted by Gasteiger charge is -2.17. The lowest BCUT2D eigenvalue weighted by molar-refractivity contribution is 0.470. The number of rotatable bonds is 3. The Balaban J connectivity index is 2.23. The van der Waals surface area contributed by atoms with Crippen molar-refractivity contribution in [3.05, 3.63) is 22.7 Å². The first kappa shape index (κ1) is 12.7. The van der Waals surface area contributed by atoms with Gasteiger partial charge in [-0.1, -0.05) is 6.07 Å². The van der Waals surface area contributed by atoms with Crippen LogP contribution >= 0.6 is 15.9 Å². The van der Waals surface area contributed by atoms with Crippen LogP contribution in [0.1, 0.15) is 12.8 Å². The Kier molecular flexibility index (Phi) is 3.60. The molecule has 2 rings (SSSR count). The van der Waals surface area contributed by atoms with Gasteiger partial charge in [-0.2, -0.15) is 12.7 Å². The summed E-state index contributed by atoms with van der Waals surface area (Å²) in [6.07, 6.45) is 1.76. The molecule has 0 atom stereocenters. The van der Waals surface area contributed by atoms with Gasteiger partial charge in [-0.25, -0.2) is 0 Å². The van der Waals surface area contributed by atoms with Gasteiger partial charge in [0.2, 0.25) is 0 Å². The molecule has 1 aliphatic rings. The van der Waals surface area contributed by atoms with Gasteiger partial charge in [-0.05, 0) is 40.9 Å². The monoisotopic (exact) mass is 320 g/mol. The van der Waals surface area contributed by atoms with Crippen molar-refractivity contribution in [1.82, 2.24) is 4.31 Å². The summed E-state index contributed by atoms with van der Waals surface area (Å²) in [6, 6.07) is 4.82. The van der Waals surface area contributed by atoms with Crippen LogP contribution in [-0.2, 0) is 10.2 Å². The molecule has 2 N–H and O–H groups in total. The van der Waals surface area contributed by atoms with Crippen molar-refractivity contribution in [3.8, 4) is 5.75 Å². The van der Waals surface area contributed by atoms with E-state index < -0.39 is 10.2 Å². The highest BCUT2D eigenvalue weighted by Crippen LogP contribution is 2.32. The second-order valence-electron chi connectivity index (χ2n) is 3.85. The quantitative estimate of drug-likeness (QED) is 0.836. The lowest BCUT2D eigenvalue weighted by atomic mass is 10.3. The molecule has 0 radical (unpaired) electrons.